The van der Waals surface area contributed by atoms with E-state index in [2.05, 4.69) is 25.6 Å². The zero-order valence-electron chi connectivity index (χ0n) is 9.80. The molecule has 1 aliphatic rings. The Balaban J connectivity index is 2.07. The van der Waals surface area contributed by atoms with Gasteiger partial charge in [-0.15, -0.1) is 0 Å². The third kappa shape index (κ3) is 4.50. The van der Waals surface area contributed by atoms with Crippen LogP contribution in [0.5, 0.6) is 0 Å². The van der Waals surface area contributed by atoms with E-state index in [0.29, 0.717) is 16.3 Å². The van der Waals surface area contributed by atoms with E-state index < -0.39 is 10.0 Å². The lowest BCUT2D eigenvalue weighted by atomic mass is 10.5. The number of sulfonamides is 1. The summed E-state index contributed by atoms with van der Waals surface area (Å²) in [6.45, 7) is 0.419. The Labute approximate surface area is 134 Å². The smallest absolute Gasteiger partial charge is 0.242 e. The van der Waals surface area contributed by atoms with Crippen LogP contribution in [0.15, 0.2) is 21.6 Å². The van der Waals surface area contributed by atoms with Crippen LogP contribution in [-0.2, 0) is 10.0 Å². The lowest BCUT2D eigenvalue weighted by molar-refractivity contribution is 0.581. The van der Waals surface area contributed by atoms with Crippen molar-refractivity contribution in [2.24, 2.45) is 0 Å². The van der Waals surface area contributed by atoms with E-state index >= 15 is 0 Å². The Morgan fingerprint density at radius 2 is 2.32 bits per heavy atom. The molecule has 1 unspecified atom stereocenters. The number of hydrogen-bond donors (Lipinski definition) is 1. The molecular weight excluding hydrogens is 392 g/mol. The van der Waals surface area contributed by atoms with Crippen LogP contribution in [0.2, 0.25) is 5.15 Å². The van der Waals surface area contributed by atoms with Gasteiger partial charge in [-0.2, -0.15) is 23.5 Å². The summed E-state index contributed by atoms with van der Waals surface area (Å²) in [5, 5.41) is 0.300. The molecule has 106 valence electrons. The fourth-order valence-electron chi connectivity index (χ4n) is 1.53. The average Bonchev–Trinajstić information content (AvgIpc) is 2.40. The van der Waals surface area contributed by atoms with Gasteiger partial charge in [0.05, 0.1) is 0 Å². The first kappa shape index (κ1) is 15.9. The minimum Gasteiger partial charge on any atom is -0.242 e. The number of rotatable bonds is 4. The molecule has 2 rings (SSSR count). The lowest BCUT2D eigenvalue weighted by Crippen LogP contribution is -2.33. The van der Waals surface area contributed by atoms with E-state index in [1.165, 1.54) is 12.3 Å². The number of aromatic nitrogens is 1. The van der Waals surface area contributed by atoms with Crippen molar-refractivity contribution in [3.8, 4) is 0 Å². The highest BCUT2D eigenvalue weighted by atomic mass is 79.9. The summed E-state index contributed by atoms with van der Waals surface area (Å²) in [5.41, 5.74) is 0. The molecular formula is C10H12BrClN2O2S3. The van der Waals surface area contributed by atoms with Gasteiger partial charge >= 0.3 is 0 Å². The second kappa shape index (κ2) is 7.00. The zero-order chi connectivity index (χ0) is 13.9. The van der Waals surface area contributed by atoms with Gasteiger partial charge in [-0.3, -0.25) is 0 Å². The van der Waals surface area contributed by atoms with E-state index in [9.17, 15) is 8.42 Å². The van der Waals surface area contributed by atoms with E-state index in [-0.39, 0.29) is 10.0 Å². The van der Waals surface area contributed by atoms with Crippen molar-refractivity contribution in [2.45, 2.75) is 10.1 Å². The fourth-order valence-corrected chi connectivity index (χ4v) is 6.27. The minimum atomic E-state index is -3.61. The first-order chi connectivity index (χ1) is 8.99. The Morgan fingerprint density at radius 1 is 1.53 bits per heavy atom. The second-order valence-electron chi connectivity index (χ2n) is 3.86. The number of nitrogens with one attached hydrogen (secondary N) is 1. The van der Waals surface area contributed by atoms with Crippen LogP contribution in [0.3, 0.4) is 0 Å². The van der Waals surface area contributed by atoms with Gasteiger partial charge < -0.3 is 0 Å². The molecule has 19 heavy (non-hydrogen) atoms. The maximum absolute atomic E-state index is 12.2. The third-order valence-electron chi connectivity index (χ3n) is 2.45. The van der Waals surface area contributed by atoms with Gasteiger partial charge in [0.15, 0.2) is 0 Å². The van der Waals surface area contributed by atoms with Gasteiger partial charge in [-0.05, 0) is 22.0 Å². The first-order valence-corrected chi connectivity index (χ1v) is 10.3. The van der Waals surface area contributed by atoms with Gasteiger partial charge in [-0.25, -0.2) is 18.1 Å². The molecule has 1 saturated heterocycles. The molecule has 1 aromatic rings. The van der Waals surface area contributed by atoms with Crippen molar-refractivity contribution in [1.82, 2.24) is 9.71 Å². The normalized spacial score (nSPS) is 20.4. The quantitative estimate of drug-likeness (QED) is 0.783. The number of nitrogens with zero attached hydrogens (tertiary/aromatic N) is 1. The SMILES string of the molecule is O=S(=O)(NCC1CSCCS1)c1cc(Br)cnc1Cl. The van der Waals surface area contributed by atoms with Crippen molar-refractivity contribution in [3.63, 3.8) is 0 Å². The molecule has 1 fully saturated rings. The Morgan fingerprint density at radius 3 is 3.00 bits per heavy atom. The molecule has 9 heteroatoms. The third-order valence-corrected chi connectivity index (χ3v) is 7.58. The molecule has 1 aliphatic heterocycles. The monoisotopic (exact) mass is 402 g/mol. The zero-order valence-corrected chi connectivity index (χ0v) is 14.6. The molecule has 1 aromatic heterocycles. The van der Waals surface area contributed by atoms with Crippen molar-refractivity contribution < 1.29 is 8.42 Å². The molecule has 0 aromatic carbocycles. The van der Waals surface area contributed by atoms with E-state index in [4.69, 9.17) is 11.6 Å². The fraction of sp³-hybridized carbons (Fsp3) is 0.500. The number of thioether (sulfide) groups is 2. The predicted molar refractivity (Wildman–Crippen MR) is 85.7 cm³/mol. The summed E-state index contributed by atoms with van der Waals surface area (Å²) in [7, 11) is -3.61. The highest BCUT2D eigenvalue weighted by Crippen LogP contribution is 2.25. The van der Waals surface area contributed by atoms with Crippen molar-refractivity contribution in [1.29, 1.82) is 0 Å². The standard InChI is InChI=1S/C10H12BrClN2O2S3/c11-7-3-9(10(12)13-4-7)19(15,16)14-5-8-6-17-1-2-18-8/h3-4,8,14H,1-2,5-6H2. The largest absolute Gasteiger partial charge is 0.243 e. The first-order valence-electron chi connectivity index (χ1n) is 5.49. The predicted octanol–water partition coefficient (Wildman–Crippen LogP) is 2.62. The van der Waals surface area contributed by atoms with Crippen LogP contribution in [0.25, 0.3) is 0 Å². The van der Waals surface area contributed by atoms with Gasteiger partial charge in [-0.1, -0.05) is 11.6 Å². The van der Waals surface area contributed by atoms with E-state index in [1.54, 1.807) is 11.8 Å². The van der Waals surface area contributed by atoms with Gasteiger partial charge in [0.25, 0.3) is 0 Å². The van der Waals surface area contributed by atoms with Crippen LogP contribution in [0, 0.1) is 0 Å². The molecule has 0 bridgehead atoms. The Bertz CT molecular complexity index is 550. The molecule has 0 saturated carbocycles. The van der Waals surface area contributed by atoms with Crippen LogP contribution < -0.4 is 4.72 Å². The Kier molecular flexibility index (Phi) is 5.86. The maximum Gasteiger partial charge on any atom is 0.243 e. The van der Waals surface area contributed by atoms with Gasteiger partial charge in [0.2, 0.25) is 10.0 Å². The highest BCUT2D eigenvalue weighted by Gasteiger charge is 2.22. The molecule has 0 radical (unpaired) electrons. The summed E-state index contributed by atoms with van der Waals surface area (Å²) in [4.78, 5) is 3.84. The van der Waals surface area contributed by atoms with Crippen LogP contribution >= 0.6 is 51.1 Å². The van der Waals surface area contributed by atoms with Crippen LogP contribution in [0.1, 0.15) is 0 Å². The summed E-state index contributed by atoms with van der Waals surface area (Å²) < 4.78 is 27.5. The van der Waals surface area contributed by atoms with Gasteiger partial charge in [0.1, 0.15) is 10.0 Å². The maximum atomic E-state index is 12.2. The van der Waals surface area contributed by atoms with E-state index in [1.807, 2.05) is 11.8 Å². The highest BCUT2D eigenvalue weighted by molar-refractivity contribution is 9.10. The topological polar surface area (TPSA) is 59.1 Å². The van der Waals surface area contributed by atoms with Crippen LogP contribution in [-0.4, -0.2) is 42.5 Å². The van der Waals surface area contributed by atoms with Gasteiger partial charge in [0, 0.05) is 39.7 Å². The molecule has 1 N–H and O–H groups in total. The van der Waals surface area contributed by atoms with Crippen molar-refractivity contribution in [2.75, 3.05) is 23.8 Å². The summed E-state index contributed by atoms with van der Waals surface area (Å²) in [6.07, 6.45) is 1.47. The molecule has 4 nitrogen and oxygen atoms in total. The average molecular weight is 404 g/mol. The second-order valence-corrected chi connectivity index (χ2v) is 9.43. The number of pyridine rings is 1. The lowest BCUT2D eigenvalue weighted by Gasteiger charge is -2.21. The molecule has 0 spiro atoms. The molecule has 0 aliphatic carbocycles. The van der Waals surface area contributed by atoms with Crippen molar-refractivity contribution in [3.05, 3.63) is 21.9 Å². The molecule has 2 heterocycles. The summed E-state index contributed by atoms with van der Waals surface area (Å²) >= 11 is 12.7. The Hall–Kier alpha value is 0.530. The summed E-state index contributed by atoms with van der Waals surface area (Å²) in [6, 6.07) is 1.46. The number of hydrogen-bond acceptors (Lipinski definition) is 5. The minimum absolute atomic E-state index is 0.0111. The number of halogens is 2. The van der Waals surface area contributed by atoms with E-state index in [0.717, 1.165) is 17.3 Å². The summed E-state index contributed by atoms with van der Waals surface area (Å²) in [5.74, 6) is 3.17. The van der Waals surface area contributed by atoms with Crippen molar-refractivity contribution >= 4 is 61.1 Å². The van der Waals surface area contributed by atoms with Crippen LogP contribution in [0.4, 0.5) is 0 Å². The molecule has 0 amide bonds. The molecule has 1 atom stereocenters.